The summed E-state index contributed by atoms with van der Waals surface area (Å²) in [6, 6.07) is 14.4. The Morgan fingerprint density at radius 2 is 1.34 bits per heavy atom. The lowest BCUT2D eigenvalue weighted by Gasteiger charge is -2.35. The molecule has 8 heteroatoms. The third kappa shape index (κ3) is 4.46. The summed E-state index contributed by atoms with van der Waals surface area (Å²) in [5.41, 5.74) is 2.30. The Balaban J connectivity index is 1.34. The second kappa shape index (κ2) is 8.45. The molecule has 1 aromatic heterocycles. The average molecular weight is 410 g/mol. The van der Waals surface area contributed by atoms with Crippen molar-refractivity contribution in [2.24, 2.45) is 0 Å². The topological polar surface area (TPSA) is 71.3 Å². The molecule has 7 nitrogen and oxygen atoms in total. The third-order valence-electron chi connectivity index (χ3n) is 4.96. The first kappa shape index (κ1) is 19.1. The normalized spacial score (nSPS) is 14.1. The van der Waals surface area contributed by atoms with Crippen molar-refractivity contribution in [3.8, 4) is 0 Å². The highest BCUT2D eigenvalue weighted by atomic mass is 35.5. The molecule has 1 fully saturated rings. The van der Waals surface area contributed by atoms with Gasteiger partial charge < -0.3 is 9.80 Å². The molecule has 148 valence electrons. The molecule has 1 aliphatic rings. The van der Waals surface area contributed by atoms with Crippen LogP contribution in [0.4, 0.5) is 0 Å². The quantitative estimate of drug-likeness (QED) is 0.664. The molecular formula is C21H20ClN5O2. The summed E-state index contributed by atoms with van der Waals surface area (Å²) < 4.78 is 1.73. The van der Waals surface area contributed by atoms with Crippen molar-refractivity contribution in [2.45, 2.75) is 6.54 Å². The number of nitrogens with zero attached hydrogens (tertiary/aromatic N) is 5. The maximum atomic E-state index is 12.8. The van der Waals surface area contributed by atoms with Gasteiger partial charge in [0.1, 0.15) is 12.7 Å². The Morgan fingerprint density at radius 3 is 1.83 bits per heavy atom. The van der Waals surface area contributed by atoms with E-state index in [1.807, 2.05) is 24.3 Å². The van der Waals surface area contributed by atoms with Gasteiger partial charge in [-0.3, -0.25) is 9.59 Å². The molecule has 3 aromatic rings. The van der Waals surface area contributed by atoms with E-state index < -0.39 is 0 Å². The molecule has 1 aliphatic heterocycles. The largest absolute Gasteiger partial charge is 0.335 e. The summed E-state index contributed by atoms with van der Waals surface area (Å²) in [4.78, 5) is 32.9. The Kier molecular flexibility index (Phi) is 5.57. The van der Waals surface area contributed by atoms with E-state index in [9.17, 15) is 9.59 Å². The van der Waals surface area contributed by atoms with E-state index in [0.29, 0.717) is 48.9 Å². The minimum absolute atomic E-state index is 0.0177. The van der Waals surface area contributed by atoms with Gasteiger partial charge in [-0.1, -0.05) is 23.7 Å². The van der Waals surface area contributed by atoms with Crippen LogP contribution in [-0.2, 0) is 6.54 Å². The Hall–Kier alpha value is -3.19. The van der Waals surface area contributed by atoms with Crippen LogP contribution in [0.3, 0.4) is 0 Å². The van der Waals surface area contributed by atoms with Crippen LogP contribution in [0.25, 0.3) is 0 Å². The molecular weight excluding hydrogens is 390 g/mol. The van der Waals surface area contributed by atoms with E-state index in [-0.39, 0.29) is 11.8 Å². The van der Waals surface area contributed by atoms with E-state index in [1.165, 1.54) is 6.33 Å². The smallest absolute Gasteiger partial charge is 0.253 e. The molecule has 2 heterocycles. The van der Waals surface area contributed by atoms with Gasteiger partial charge in [-0.15, -0.1) is 0 Å². The Bertz CT molecular complexity index is 979. The molecule has 0 spiro atoms. The molecule has 0 radical (unpaired) electrons. The van der Waals surface area contributed by atoms with Crippen molar-refractivity contribution in [3.05, 3.63) is 82.9 Å². The molecule has 0 unspecified atom stereocenters. The van der Waals surface area contributed by atoms with Crippen molar-refractivity contribution < 1.29 is 9.59 Å². The molecule has 2 aromatic carbocycles. The van der Waals surface area contributed by atoms with Gasteiger partial charge in [-0.05, 0) is 42.0 Å². The molecule has 0 bridgehead atoms. The van der Waals surface area contributed by atoms with Crippen LogP contribution in [0, 0.1) is 0 Å². The number of carbonyl (C=O) groups excluding carboxylic acids is 2. The van der Waals surface area contributed by atoms with Crippen molar-refractivity contribution >= 4 is 23.4 Å². The highest BCUT2D eigenvalue weighted by Gasteiger charge is 2.25. The minimum Gasteiger partial charge on any atom is -0.335 e. The summed E-state index contributed by atoms with van der Waals surface area (Å²) in [5, 5.41) is 4.68. The fourth-order valence-corrected chi connectivity index (χ4v) is 3.45. The minimum atomic E-state index is -0.0359. The predicted molar refractivity (Wildman–Crippen MR) is 109 cm³/mol. The highest BCUT2D eigenvalue weighted by Crippen LogP contribution is 2.15. The van der Waals surface area contributed by atoms with Crippen LogP contribution in [0.1, 0.15) is 26.3 Å². The standard InChI is InChI=1S/C21H20ClN5O2/c22-19-7-5-18(6-8-19)21(29)26-11-9-25(10-12-26)20(28)17-3-1-16(2-4-17)13-27-15-23-14-24-27/h1-8,14-15H,9-13H2. The van der Waals surface area contributed by atoms with Gasteiger partial charge in [0.25, 0.3) is 11.8 Å². The second-order valence-electron chi connectivity index (χ2n) is 6.88. The summed E-state index contributed by atoms with van der Waals surface area (Å²) in [6.07, 6.45) is 3.15. The van der Waals surface area contributed by atoms with Crippen molar-refractivity contribution in [1.29, 1.82) is 0 Å². The highest BCUT2D eigenvalue weighted by molar-refractivity contribution is 6.30. The maximum absolute atomic E-state index is 12.8. The zero-order valence-corrected chi connectivity index (χ0v) is 16.5. The SMILES string of the molecule is O=C(c1ccc(Cl)cc1)N1CCN(C(=O)c2ccc(Cn3cncn3)cc2)CC1. The molecule has 1 saturated heterocycles. The monoisotopic (exact) mass is 409 g/mol. The first-order chi connectivity index (χ1) is 14.1. The molecule has 0 atom stereocenters. The lowest BCUT2D eigenvalue weighted by molar-refractivity contribution is 0.0535. The van der Waals surface area contributed by atoms with Gasteiger partial charge >= 0.3 is 0 Å². The van der Waals surface area contributed by atoms with Crippen LogP contribution < -0.4 is 0 Å². The molecule has 0 N–H and O–H groups in total. The van der Waals surface area contributed by atoms with E-state index >= 15 is 0 Å². The van der Waals surface area contributed by atoms with Crippen LogP contribution in [0.15, 0.2) is 61.2 Å². The number of halogens is 1. The van der Waals surface area contributed by atoms with Crippen LogP contribution in [0.2, 0.25) is 5.02 Å². The summed E-state index contributed by atoms with van der Waals surface area (Å²) in [5.74, 6) is -0.0536. The molecule has 4 rings (SSSR count). The third-order valence-corrected chi connectivity index (χ3v) is 5.21. The first-order valence-electron chi connectivity index (χ1n) is 9.35. The van der Waals surface area contributed by atoms with Crippen LogP contribution in [-0.4, -0.2) is 62.6 Å². The molecule has 0 aliphatic carbocycles. The number of hydrogen-bond donors (Lipinski definition) is 0. The summed E-state index contributed by atoms with van der Waals surface area (Å²) in [6.45, 7) is 2.66. The lowest BCUT2D eigenvalue weighted by atomic mass is 10.1. The Labute approximate surface area is 173 Å². The number of carbonyl (C=O) groups is 2. The number of aromatic nitrogens is 3. The average Bonchev–Trinajstić information content (AvgIpc) is 3.27. The van der Waals surface area contributed by atoms with E-state index in [0.717, 1.165) is 5.56 Å². The van der Waals surface area contributed by atoms with Gasteiger partial charge in [0.15, 0.2) is 0 Å². The summed E-state index contributed by atoms with van der Waals surface area (Å²) >= 11 is 5.88. The predicted octanol–water partition coefficient (Wildman–Crippen LogP) is 2.58. The van der Waals surface area contributed by atoms with Crippen LogP contribution in [0.5, 0.6) is 0 Å². The lowest BCUT2D eigenvalue weighted by Crippen LogP contribution is -2.50. The zero-order valence-electron chi connectivity index (χ0n) is 15.7. The van der Waals surface area contributed by atoms with Gasteiger partial charge in [-0.2, -0.15) is 5.10 Å². The van der Waals surface area contributed by atoms with Crippen molar-refractivity contribution in [1.82, 2.24) is 24.6 Å². The van der Waals surface area contributed by atoms with E-state index in [1.54, 1.807) is 45.1 Å². The number of rotatable bonds is 4. The van der Waals surface area contributed by atoms with E-state index in [2.05, 4.69) is 10.1 Å². The maximum Gasteiger partial charge on any atom is 0.253 e. The molecule has 0 saturated carbocycles. The number of benzene rings is 2. The van der Waals surface area contributed by atoms with E-state index in [4.69, 9.17) is 11.6 Å². The fraction of sp³-hybridized carbons (Fsp3) is 0.238. The van der Waals surface area contributed by atoms with Crippen molar-refractivity contribution in [3.63, 3.8) is 0 Å². The van der Waals surface area contributed by atoms with Crippen LogP contribution >= 0.6 is 11.6 Å². The van der Waals surface area contributed by atoms with Gasteiger partial charge in [-0.25, -0.2) is 9.67 Å². The van der Waals surface area contributed by atoms with Crippen molar-refractivity contribution in [2.75, 3.05) is 26.2 Å². The first-order valence-corrected chi connectivity index (χ1v) is 9.73. The summed E-state index contributed by atoms with van der Waals surface area (Å²) in [7, 11) is 0. The van der Waals surface area contributed by atoms with Gasteiger partial charge in [0.2, 0.25) is 0 Å². The fourth-order valence-electron chi connectivity index (χ4n) is 3.32. The Morgan fingerprint density at radius 1 is 0.828 bits per heavy atom. The molecule has 2 amide bonds. The van der Waals surface area contributed by atoms with Gasteiger partial charge in [0, 0.05) is 42.3 Å². The van der Waals surface area contributed by atoms with Gasteiger partial charge in [0.05, 0.1) is 6.54 Å². The molecule has 29 heavy (non-hydrogen) atoms. The number of piperazine rings is 1. The number of amides is 2. The number of hydrogen-bond acceptors (Lipinski definition) is 4. The zero-order chi connectivity index (χ0) is 20.2. The second-order valence-corrected chi connectivity index (χ2v) is 7.32.